The monoisotopic (exact) mass is 280 g/mol. The average Bonchev–Trinajstić information content (AvgIpc) is 3.09. The summed E-state index contributed by atoms with van der Waals surface area (Å²) in [5.74, 6) is 0.153. The van der Waals surface area contributed by atoms with Crippen LogP contribution in [0.15, 0.2) is 24.3 Å². The van der Waals surface area contributed by atoms with Crippen LogP contribution in [-0.2, 0) is 11.2 Å². The normalized spacial score (nSPS) is 16.4. The van der Waals surface area contributed by atoms with E-state index in [0.717, 1.165) is 30.8 Å². The zero-order valence-corrected chi connectivity index (χ0v) is 12.3. The van der Waals surface area contributed by atoms with Crippen molar-refractivity contribution in [2.75, 3.05) is 20.6 Å². The topological polar surface area (TPSA) is 32.3 Å². The lowest BCUT2D eigenvalue weighted by molar-refractivity contribution is -0.122. The highest BCUT2D eigenvalue weighted by atomic mass is 35.5. The first-order valence-electron chi connectivity index (χ1n) is 6.69. The van der Waals surface area contributed by atoms with E-state index in [1.54, 1.807) is 0 Å². The molecule has 0 spiro atoms. The van der Waals surface area contributed by atoms with E-state index in [2.05, 4.69) is 5.32 Å². The molecule has 0 aromatic heterocycles. The van der Waals surface area contributed by atoms with Crippen LogP contribution < -0.4 is 5.32 Å². The minimum absolute atomic E-state index is 0.00275. The number of nitrogens with zero attached hydrogens (tertiary/aromatic N) is 1. The minimum Gasteiger partial charge on any atom is -0.350 e. The van der Waals surface area contributed by atoms with Gasteiger partial charge in [0.05, 0.1) is 0 Å². The molecule has 1 fully saturated rings. The van der Waals surface area contributed by atoms with Crippen LogP contribution in [0.25, 0.3) is 0 Å². The number of hydrogen-bond acceptors (Lipinski definition) is 2. The van der Waals surface area contributed by atoms with E-state index in [-0.39, 0.29) is 11.4 Å². The molecule has 1 N–H and O–H groups in total. The van der Waals surface area contributed by atoms with Gasteiger partial charge in [-0.2, -0.15) is 0 Å². The fraction of sp³-hybridized carbons (Fsp3) is 0.533. The maximum absolute atomic E-state index is 11.9. The van der Waals surface area contributed by atoms with Crippen LogP contribution >= 0.6 is 11.6 Å². The minimum atomic E-state index is -0.00275. The molecule has 3 nitrogen and oxygen atoms in total. The van der Waals surface area contributed by atoms with Crippen molar-refractivity contribution in [2.45, 2.75) is 31.2 Å². The summed E-state index contributed by atoms with van der Waals surface area (Å²) in [6.07, 6.45) is 3.61. The summed E-state index contributed by atoms with van der Waals surface area (Å²) in [6, 6.07) is 7.88. The van der Waals surface area contributed by atoms with E-state index in [9.17, 15) is 4.79 Å². The van der Waals surface area contributed by atoms with Crippen LogP contribution in [0.5, 0.6) is 0 Å². The van der Waals surface area contributed by atoms with Gasteiger partial charge in [-0.05, 0) is 51.1 Å². The van der Waals surface area contributed by atoms with Crippen molar-refractivity contribution in [1.29, 1.82) is 0 Å². The van der Waals surface area contributed by atoms with Gasteiger partial charge in [-0.15, -0.1) is 0 Å². The van der Waals surface area contributed by atoms with E-state index >= 15 is 0 Å². The summed E-state index contributed by atoms with van der Waals surface area (Å²) in [6.45, 7) is 0.795. The first kappa shape index (κ1) is 14.4. The van der Waals surface area contributed by atoms with Gasteiger partial charge in [-0.25, -0.2) is 0 Å². The Balaban J connectivity index is 1.85. The highest BCUT2D eigenvalue weighted by molar-refractivity contribution is 6.30. The molecule has 0 radical (unpaired) electrons. The zero-order chi connectivity index (χ0) is 13.9. The van der Waals surface area contributed by atoms with E-state index in [0.29, 0.717) is 6.42 Å². The Morgan fingerprint density at radius 3 is 2.47 bits per heavy atom. The average molecular weight is 281 g/mol. The Hall–Kier alpha value is -1.06. The van der Waals surface area contributed by atoms with Crippen LogP contribution in [0, 0.1) is 0 Å². The van der Waals surface area contributed by atoms with Crippen LogP contribution in [0.1, 0.15) is 24.8 Å². The lowest BCUT2D eigenvalue weighted by Crippen LogP contribution is -2.39. The van der Waals surface area contributed by atoms with E-state index < -0.39 is 0 Å². The second kappa shape index (κ2) is 5.93. The summed E-state index contributed by atoms with van der Waals surface area (Å²) in [7, 11) is 3.96. The second-order valence-electron chi connectivity index (χ2n) is 5.69. The fourth-order valence-corrected chi connectivity index (χ4v) is 2.30. The molecule has 0 aliphatic heterocycles. The number of carbonyl (C=O) groups excluding carboxylic acids is 1. The molecule has 19 heavy (non-hydrogen) atoms. The Bertz CT molecular complexity index is 438. The van der Waals surface area contributed by atoms with Gasteiger partial charge < -0.3 is 10.2 Å². The number of benzene rings is 1. The number of hydrogen-bond donors (Lipinski definition) is 1. The van der Waals surface area contributed by atoms with Gasteiger partial charge in [0, 0.05) is 23.5 Å². The summed E-state index contributed by atoms with van der Waals surface area (Å²) >= 11 is 5.88. The standard InChI is InChI=1S/C15H21ClN2O/c1-18(2)10-7-14(19)17-15(8-9-15)11-12-3-5-13(16)6-4-12/h3-6H,7-11H2,1-2H3,(H,17,19). The fourth-order valence-electron chi connectivity index (χ4n) is 2.17. The number of carbonyl (C=O) groups is 1. The van der Waals surface area contributed by atoms with Crippen LogP contribution in [0.4, 0.5) is 0 Å². The van der Waals surface area contributed by atoms with Crippen molar-refractivity contribution in [3.63, 3.8) is 0 Å². The third kappa shape index (κ3) is 4.51. The van der Waals surface area contributed by atoms with Crippen LogP contribution in [-0.4, -0.2) is 37.0 Å². The number of nitrogens with one attached hydrogen (secondary N) is 1. The van der Waals surface area contributed by atoms with Gasteiger partial charge in [-0.3, -0.25) is 4.79 Å². The molecule has 1 amide bonds. The summed E-state index contributed by atoms with van der Waals surface area (Å²) in [5.41, 5.74) is 1.23. The predicted octanol–water partition coefficient (Wildman–Crippen LogP) is 2.48. The van der Waals surface area contributed by atoms with E-state index in [1.807, 2.05) is 43.3 Å². The lowest BCUT2D eigenvalue weighted by atomic mass is 10.0. The van der Waals surface area contributed by atoms with E-state index in [1.165, 1.54) is 5.56 Å². The molecule has 1 saturated carbocycles. The van der Waals surface area contributed by atoms with Gasteiger partial charge in [0.15, 0.2) is 0 Å². The SMILES string of the molecule is CN(C)CCC(=O)NC1(Cc2ccc(Cl)cc2)CC1. The molecule has 104 valence electrons. The van der Waals surface area contributed by atoms with Crippen LogP contribution in [0.3, 0.4) is 0 Å². The molecule has 0 saturated heterocycles. The molecular weight excluding hydrogens is 260 g/mol. The highest BCUT2D eigenvalue weighted by Crippen LogP contribution is 2.38. The second-order valence-corrected chi connectivity index (χ2v) is 6.12. The molecule has 1 aliphatic carbocycles. The molecule has 2 rings (SSSR count). The number of rotatable bonds is 6. The van der Waals surface area contributed by atoms with Crippen LogP contribution in [0.2, 0.25) is 5.02 Å². The molecule has 1 aromatic carbocycles. The Labute approximate surface area is 119 Å². The van der Waals surface area contributed by atoms with Crippen molar-refractivity contribution in [2.24, 2.45) is 0 Å². The maximum atomic E-state index is 11.9. The zero-order valence-electron chi connectivity index (χ0n) is 11.6. The van der Waals surface area contributed by atoms with E-state index in [4.69, 9.17) is 11.6 Å². The summed E-state index contributed by atoms with van der Waals surface area (Å²) < 4.78 is 0. The first-order chi connectivity index (χ1) is 8.99. The maximum Gasteiger partial charge on any atom is 0.221 e. The van der Waals surface area contributed by atoms with Crippen molar-refractivity contribution in [3.8, 4) is 0 Å². The quantitative estimate of drug-likeness (QED) is 0.868. The summed E-state index contributed by atoms with van der Waals surface area (Å²) in [4.78, 5) is 13.9. The third-order valence-electron chi connectivity index (χ3n) is 3.50. The Kier molecular flexibility index (Phi) is 4.48. The molecule has 4 heteroatoms. The largest absolute Gasteiger partial charge is 0.350 e. The number of amides is 1. The Morgan fingerprint density at radius 2 is 1.95 bits per heavy atom. The van der Waals surface area contributed by atoms with Crippen molar-refractivity contribution >= 4 is 17.5 Å². The molecule has 1 aromatic rings. The predicted molar refractivity (Wildman–Crippen MR) is 78.4 cm³/mol. The number of halogens is 1. The van der Waals surface area contributed by atoms with Gasteiger partial charge in [0.25, 0.3) is 0 Å². The van der Waals surface area contributed by atoms with Gasteiger partial charge in [0.2, 0.25) is 5.91 Å². The summed E-state index contributed by atoms with van der Waals surface area (Å²) in [5, 5.41) is 3.94. The molecular formula is C15H21ClN2O. The molecule has 0 atom stereocenters. The third-order valence-corrected chi connectivity index (χ3v) is 3.75. The highest BCUT2D eigenvalue weighted by Gasteiger charge is 2.43. The smallest absolute Gasteiger partial charge is 0.221 e. The van der Waals surface area contributed by atoms with Gasteiger partial charge in [-0.1, -0.05) is 23.7 Å². The molecule has 0 bridgehead atoms. The molecule has 0 heterocycles. The van der Waals surface area contributed by atoms with Crippen molar-refractivity contribution in [1.82, 2.24) is 10.2 Å². The van der Waals surface area contributed by atoms with Crippen molar-refractivity contribution < 1.29 is 4.79 Å². The molecule has 0 unspecified atom stereocenters. The van der Waals surface area contributed by atoms with Gasteiger partial charge in [0.1, 0.15) is 0 Å². The Morgan fingerprint density at radius 1 is 1.32 bits per heavy atom. The van der Waals surface area contributed by atoms with Crippen molar-refractivity contribution in [3.05, 3.63) is 34.9 Å². The first-order valence-corrected chi connectivity index (χ1v) is 7.07. The molecule has 1 aliphatic rings. The lowest BCUT2D eigenvalue weighted by Gasteiger charge is -2.18. The van der Waals surface area contributed by atoms with Gasteiger partial charge >= 0.3 is 0 Å².